The molecular weight excluding hydrogens is 855 g/mol. The van der Waals surface area contributed by atoms with E-state index in [1.807, 2.05) is 30.3 Å². The SMILES string of the molecule is CC(C)(COP(=O)(O)OP(=O)(O)OCC1OC(n2cnc3c(N)ncnc32)C(O)C1OP(=O)(O)O)C(O)C(=O)NCCC(=O)NCCSC(=O)C=Cc1ccccc1. The average molecular weight is 898 g/mol. The maximum atomic E-state index is 12.7. The molecule has 1 aromatic carbocycles. The van der Waals surface area contributed by atoms with E-state index < -0.39 is 84.6 Å². The van der Waals surface area contributed by atoms with Crippen LogP contribution in [0.15, 0.2) is 49.1 Å². The van der Waals surface area contributed by atoms with Crippen molar-refractivity contribution in [3.63, 3.8) is 0 Å². The Hall–Kier alpha value is -3.48. The molecule has 0 radical (unpaired) electrons. The Morgan fingerprint density at radius 1 is 1.03 bits per heavy atom. The summed E-state index contributed by atoms with van der Waals surface area (Å²) >= 11 is 1.00. The second kappa shape index (κ2) is 20.2. The van der Waals surface area contributed by atoms with Crippen molar-refractivity contribution in [2.24, 2.45) is 5.41 Å². The van der Waals surface area contributed by atoms with Crippen LogP contribution in [0.2, 0.25) is 0 Å². The summed E-state index contributed by atoms with van der Waals surface area (Å²) in [6.45, 7) is 0.432. The molecule has 4 rings (SSSR count). The molecule has 0 aliphatic carbocycles. The molecule has 2 aromatic heterocycles. The van der Waals surface area contributed by atoms with E-state index in [0.29, 0.717) is 5.75 Å². The molecule has 1 fully saturated rings. The number of benzene rings is 1. The molecule has 0 spiro atoms. The zero-order valence-electron chi connectivity index (χ0n) is 30.6. The number of anilines is 1. The minimum atomic E-state index is -5.58. The number of phosphoric ester groups is 3. The van der Waals surface area contributed by atoms with Crippen molar-refractivity contribution in [2.75, 3.05) is 37.8 Å². The normalized spacial score (nSPS) is 21.4. The lowest BCUT2D eigenvalue weighted by atomic mass is 9.87. The zero-order valence-corrected chi connectivity index (χ0v) is 34.1. The van der Waals surface area contributed by atoms with E-state index in [-0.39, 0.29) is 41.6 Å². The minimum absolute atomic E-state index is 0.0285. The van der Waals surface area contributed by atoms with Gasteiger partial charge in [0.1, 0.15) is 36.3 Å². The molecule has 28 heteroatoms. The number of carbonyl (C=O) groups is 3. The van der Waals surface area contributed by atoms with Crippen LogP contribution in [0.3, 0.4) is 0 Å². The van der Waals surface area contributed by atoms with Gasteiger partial charge in [-0.15, -0.1) is 0 Å². The smallest absolute Gasteiger partial charge is 0.386 e. The van der Waals surface area contributed by atoms with Gasteiger partial charge in [0.05, 0.1) is 19.5 Å². The lowest BCUT2D eigenvalue weighted by Gasteiger charge is -2.30. The van der Waals surface area contributed by atoms with Gasteiger partial charge in [0, 0.05) is 30.7 Å². The lowest BCUT2D eigenvalue weighted by Crippen LogP contribution is -2.46. The summed E-state index contributed by atoms with van der Waals surface area (Å²) in [7, 11) is -16.4. The molecule has 3 heterocycles. The number of thioether (sulfide) groups is 1. The van der Waals surface area contributed by atoms with Crippen molar-refractivity contribution >= 4 is 75.2 Å². The first-order chi connectivity index (χ1) is 27.1. The number of aliphatic hydroxyl groups is 2. The summed E-state index contributed by atoms with van der Waals surface area (Å²) in [5, 5.41) is 26.2. The first-order valence-electron chi connectivity index (χ1n) is 16.9. The van der Waals surface area contributed by atoms with Crippen LogP contribution in [0, 0.1) is 5.41 Å². The zero-order chi connectivity index (χ0) is 42.9. The van der Waals surface area contributed by atoms with Crippen molar-refractivity contribution in [1.82, 2.24) is 30.2 Å². The van der Waals surface area contributed by atoms with E-state index in [1.165, 1.54) is 19.9 Å². The Morgan fingerprint density at radius 2 is 1.72 bits per heavy atom. The van der Waals surface area contributed by atoms with Crippen molar-refractivity contribution in [1.29, 1.82) is 0 Å². The number of nitrogen functional groups attached to an aromatic ring is 1. The first-order valence-corrected chi connectivity index (χ1v) is 22.4. The standard InChI is InChI=1S/C30H42N7O17P3S/c1-30(2,25(41)28(42)33-11-10-20(38)32-12-13-58-21(39)9-8-18-6-4-3-5-7-18)15-51-57(48,49)54-56(46,47)50-14-19-24(53-55(43,44)45)23(40)29(52-19)37-17-36-22-26(31)34-16-35-27(22)37/h3-9,16-17,19,23-25,29,40-41H,10-15H2,1-2H3,(H,32,38)(H,33,42)(H,46,47)(H,48,49)(H2,31,34,35)(H2,43,44,45). The number of phosphoric acid groups is 3. The van der Waals surface area contributed by atoms with E-state index in [2.05, 4.69) is 34.4 Å². The predicted octanol–water partition coefficient (Wildman–Crippen LogP) is 0.378. The van der Waals surface area contributed by atoms with Crippen LogP contribution >= 0.6 is 35.2 Å². The molecular formula is C30H42N7O17P3S. The van der Waals surface area contributed by atoms with Gasteiger partial charge in [0.25, 0.3) is 0 Å². The topological polar surface area (TPSA) is 364 Å². The molecule has 0 saturated carbocycles. The second-order valence-electron chi connectivity index (χ2n) is 13.0. The van der Waals surface area contributed by atoms with E-state index in [4.69, 9.17) is 19.5 Å². The Morgan fingerprint density at radius 3 is 2.41 bits per heavy atom. The maximum Gasteiger partial charge on any atom is 0.481 e. The largest absolute Gasteiger partial charge is 0.481 e. The second-order valence-corrected chi connectivity index (χ2v) is 18.3. The van der Waals surface area contributed by atoms with Gasteiger partial charge in [-0.2, -0.15) is 4.31 Å². The van der Waals surface area contributed by atoms with E-state index in [0.717, 1.165) is 34.5 Å². The predicted molar refractivity (Wildman–Crippen MR) is 203 cm³/mol. The maximum absolute atomic E-state index is 12.7. The van der Waals surface area contributed by atoms with Crippen LogP contribution < -0.4 is 16.4 Å². The summed E-state index contributed by atoms with van der Waals surface area (Å²) in [5.41, 5.74) is 5.11. The number of carbonyl (C=O) groups excluding carboxylic acids is 3. The third kappa shape index (κ3) is 14.1. The third-order valence-electron chi connectivity index (χ3n) is 7.96. The highest BCUT2D eigenvalue weighted by atomic mass is 32.2. The summed E-state index contributed by atoms with van der Waals surface area (Å²) in [4.78, 5) is 87.7. The van der Waals surface area contributed by atoms with Crippen LogP contribution in [0.25, 0.3) is 17.2 Å². The number of rotatable bonds is 21. The monoisotopic (exact) mass is 897 g/mol. The van der Waals surface area contributed by atoms with Gasteiger partial charge < -0.3 is 50.9 Å². The quantitative estimate of drug-likeness (QED) is 0.0396. The van der Waals surface area contributed by atoms with Gasteiger partial charge in [0.2, 0.25) is 16.9 Å². The van der Waals surface area contributed by atoms with E-state index in [1.54, 1.807) is 6.08 Å². The van der Waals surface area contributed by atoms with Gasteiger partial charge in [-0.1, -0.05) is 62.0 Å². The number of aliphatic hydroxyl groups excluding tert-OH is 2. The summed E-state index contributed by atoms with van der Waals surface area (Å²) in [6, 6.07) is 9.21. The first kappa shape index (κ1) is 47.2. The number of hydrogen-bond donors (Lipinski definition) is 9. The molecule has 1 aliphatic rings. The Kier molecular flexibility index (Phi) is 16.4. The Balaban J connectivity index is 1.21. The van der Waals surface area contributed by atoms with E-state index >= 15 is 0 Å². The molecule has 3 aromatic rings. The molecule has 10 N–H and O–H groups in total. The van der Waals surface area contributed by atoms with Gasteiger partial charge >= 0.3 is 23.5 Å². The molecule has 2 amide bonds. The summed E-state index contributed by atoms with van der Waals surface area (Å²) in [6.07, 6.45) is -3.86. The highest BCUT2D eigenvalue weighted by molar-refractivity contribution is 8.14. The number of nitrogens with two attached hydrogens (primary N) is 1. The number of imidazole rings is 1. The fraction of sp³-hybridized carbons (Fsp3) is 0.467. The van der Waals surface area contributed by atoms with Crippen molar-refractivity contribution in [2.45, 2.75) is 50.9 Å². The van der Waals surface area contributed by atoms with Crippen LogP contribution in [-0.4, -0.2) is 123 Å². The molecule has 7 unspecified atom stereocenters. The van der Waals surface area contributed by atoms with Crippen LogP contribution in [0.5, 0.6) is 0 Å². The average Bonchev–Trinajstić information content (AvgIpc) is 3.71. The van der Waals surface area contributed by atoms with Crippen molar-refractivity contribution in [3.05, 3.63) is 54.6 Å². The molecule has 7 atom stereocenters. The van der Waals surface area contributed by atoms with Gasteiger partial charge in [-0.05, 0) is 11.6 Å². The lowest BCUT2D eigenvalue weighted by molar-refractivity contribution is -0.137. The van der Waals surface area contributed by atoms with E-state index in [9.17, 15) is 57.9 Å². The molecule has 1 aliphatic heterocycles. The summed E-state index contributed by atoms with van der Waals surface area (Å²) in [5.74, 6) is -1.18. The highest BCUT2D eigenvalue weighted by Crippen LogP contribution is 2.61. The third-order valence-corrected chi connectivity index (χ3v) is 11.9. The number of amides is 2. The van der Waals surface area contributed by atoms with Gasteiger partial charge in [-0.3, -0.25) is 32.5 Å². The number of hydrogen-bond acceptors (Lipinski definition) is 18. The number of aromatic nitrogens is 4. The highest BCUT2D eigenvalue weighted by Gasteiger charge is 2.50. The van der Waals surface area contributed by atoms with Crippen molar-refractivity contribution in [3.8, 4) is 0 Å². The Labute approximate surface area is 334 Å². The fourth-order valence-electron chi connectivity index (χ4n) is 5.06. The van der Waals surface area contributed by atoms with Crippen LogP contribution in [-0.2, 0) is 50.7 Å². The molecule has 24 nitrogen and oxygen atoms in total. The van der Waals surface area contributed by atoms with Gasteiger partial charge in [-0.25, -0.2) is 28.6 Å². The Bertz CT molecular complexity index is 2090. The molecule has 58 heavy (non-hydrogen) atoms. The number of ether oxygens (including phenoxy) is 1. The summed E-state index contributed by atoms with van der Waals surface area (Å²) < 4.78 is 62.1. The number of nitrogens with zero attached hydrogens (tertiary/aromatic N) is 4. The minimum Gasteiger partial charge on any atom is -0.386 e. The molecule has 1 saturated heterocycles. The van der Waals surface area contributed by atoms with Gasteiger partial charge in [0.15, 0.2) is 17.7 Å². The van der Waals surface area contributed by atoms with Crippen LogP contribution in [0.4, 0.5) is 5.82 Å². The van der Waals surface area contributed by atoms with Crippen molar-refractivity contribution < 1.29 is 80.5 Å². The fourth-order valence-corrected chi connectivity index (χ4v) is 8.46. The molecule has 0 bridgehead atoms. The molecule has 320 valence electrons. The number of fused-ring (bicyclic) bond motifs is 1. The number of nitrogens with one attached hydrogen (secondary N) is 2. The van der Waals surface area contributed by atoms with Crippen LogP contribution in [0.1, 0.15) is 32.1 Å².